The van der Waals surface area contributed by atoms with Gasteiger partial charge in [-0.1, -0.05) is 18.3 Å². The van der Waals surface area contributed by atoms with E-state index in [1.165, 1.54) is 25.7 Å². The summed E-state index contributed by atoms with van der Waals surface area (Å²) in [6, 6.07) is 9.53. The molecule has 2 aromatic rings. The Balaban J connectivity index is 1.41. The average Bonchev–Trinajstić information content (AvgIpc) is 3.53. The van der Waals surface area contributed by atoms with Crippen molar-refractivity contribution in [3.05, 3.63) is 57.7 Å². The fraction of sp³-hybridized carbons (Fsp3) is 0.417. The Morgan fingerprint density at radius 3 is 2.88 bits per heavy atom. The molecule has 1 atom stereocenters. The maximum absolute atomic E-state index is 12.8. The first-order chi connectivity index (χ1) is 16.6. The third-order valence-electron chi connectivity index (χ3n) is 6.06. The molecule has 10 nitrogen and oxygen atoms in total. The molecule has 1 unspecified atom stereocenters. The van der Waals surface area contributed by atoms with Crippen molar-refractivity contribution in [2.24, 2.45) is 4.99 Å². The second kappa shape index (κ2) is 11.0. The summed E-state index contributed by atoms with van der Waals surface area (Å²) in [5.41, 5.74) is 5.13. The highest BCUT2D eigenvalue weighted by molar-refractivity contribution is 6.42. The van der Waals surface area contributed by atoms with Crippen molar-refractivity contribution >= 4 is 34.9 Å². The highest BCUT2D eigenvalue weighted by Gasteiger charge is 2.24. The van der Waals surface area contributed by atoms with Gasteiger partial charge in [-0.2, -0.15) is 0 Å². The fourth-order valence-electron chi connectivity index (χ4n) is 4.18. The maximum Gasteiger partial charge on any atom is 0.480 e. The van der Waals surface area contributed by atoms with Crippen molar-refractivity contribution in [2.75, 3.05) is 42.2 Å². The van der Waals surface area contributed by atoms with Gasteiger partial charge in [0.2, 0.25) is 6.21 Å². The molecule has 0 aliphatic carbocycles. The molecular formula is C24H32N8O2. The third kappa shape index (κ3) is 5.48. The molecule has 4 rings (SSSR count). The van der Waals surface area contributed by atoms with E-state index >= 15 is 0 Å². The highest BCUT2D eigenvalue weighted by Crippen LogP contribution is 2.27. The van der Waals surface area contributed by atoms with Crippen molar-refractivity contribution in [3.63, 3.8) is 0 Å². The standard InChI is InChI=1S/C24H31N8O2/c1-3-4-11-26-15-20-6-5-12-31(20)18-7-9-19(10-8-18)32(34)30-21-13-17(14-27-23(21)33)22-16-28-24(25-2)29-22/h7-10,13-14,16,20,26H,3-6,11-12,15H2,1-2H3,(H2,25,27,28,29,30,33)/q-1/p+1. The first-order valence-corrected chi connectivity index (χ1v) is 11.8. The topological polar surface area (TPSA) is 125 Å². The maximum atomic E-state index is 12.8. The molecule has 34 heavy (non-hydrogen) atoms. The molecule has 1 aromatic carbocycles. The number of hydrazine groups is 1. The number of aliphatic imine (C=N–C) groups is 1. The van der Waals surface area contributed by atoms with Crippen LogP contribution < -0.4 is 36.4 Å². The summed E-state index contributed by atoms with van der Waals surface area (Å²) in [5.74, 6) is 0.484. The molecule has 1 aromatic heterocycles. The van der Waals surface area contributed by atoms with Crippen LogP contribution in [0.25, 0.3) is 0 Å². The molecule has 4 N–H and O–H groups in total. The number of aromatic amines is 1. The molecule has 1 saturated heterocycles. The van der Waals surface area contributed by atoms with Crippen LogP contribution in [0.1, 0.15) is 38.2 Å². The smallest absolute Gasteiger partial charge is 0.480 e. The van der Waals surface area contributed by atoms with E-state index in [1.807, 2.05) is 12.1 Å². The number of anilines is 3. The van der Waals surface area contributed by atoms with Crippen LogP contribution in [0.5, 0.6) is 0 Å². The van der Waals surface area contributed by atoms with Gasteiger partial charge in [0.05, 0.1) is 7.05 Å². The zero-order chi connectivity index (χ0) is 23.9. The molecule has 180 valence electrons. The zero-order valence-corrected chi connectivity index (χ0v) is 19.7. The van der Waals surface area contributed by atoms with Gasteiger partial charge < -0.3 is 31.0 Å². The third-order valence-corrected chi connectivity index (χ3v) is 6.06. The van der Waals surface area contributed by atoms with Gasteiger partial charge in [0.1, 0.15) is 5.69 Å². The van der Waals surface area contributed by atoms with Crippen molar-refractivity contribution in [2.45, 2.75) is 38.6 Å². The largest absolute Gasteiger partial charge is 0.739 e. The Morgan fingerprint density at radius 2 is 2.15 bits per heavy atom. The van der Waals surface area contributed by atoms with Gasteiger partial charge in [0.15, 0.2) is 5.71 Å². The molecule has 0 radical (unpaired) electrons. The van der Waals surface area contributed by atoms with Crippen molar-refractivity contribution in [1.82, 2.24) is 20.3 Å². The van der Waals surface area contributed by atoms with Gasteiger partial charge in [-0.3, -0.25) is 10.1 Å². The second-order valence-corrected chi connectivity index (χ2v) is 8.43. The second-order valence-electron chi connectivity index (χ2n) is 8.43. The van der Waals surface area contributed by atoms with Crippen molar-refractivity contribution in [3.8, 4) is 0 Å². The van der Waals surface area contributed by atoms with Crippen LogP contribution in [-0.2, 0) is 0 Å². The van der Waals surface area contributed by atoms with Gasteiger partial charge >= 0.3 is 5.96 Å². The van der Waals surface area contributed by atoms with E-state index in [2.05, 4.69) is 42.5 Å². The Hall–Kier alpha value is -3.59. The summed E-state index contributed by atoms with van der Waals surface area (Å²) in [5, 5.41) is 19.8. The molecule has 2 aliphatic rings. The number of hydrogen-bond acceptors (Lipinski definition) is 8. The van der Waals surface area contributed by atoms with Gasteiger partial charge in [0.25, 0.3) is 5.56 Å². The number of pyridine rings is 1. The molecule has 0 bridgehead atoms. The number of unbranched alkanes of at least 4 members (excludes halogenated alkanes) is 1. The summed E-state index contributed by atoms with van der Waals surface area (Å²) in [4.78, 5) is 21.6. The summed E-state index contributed by atoms with van der Waals surface area (Å²) in [7, 11) is 1.73. The number of nitrogens with one attached hydrogen (secondary N) is 4. The predicted molar refractivity (Wildman–Crippen MR) is 140 cm³/mol. The first kappa shape index (κ1) is 23.6. The van der Waals surface area contributed by atoms with Crippen LogP contribution in [0, 0.1) is 5.21 Å². The molecule has 1 fully saturated rings. The molecule has 0 amide bonds. The van der Waals surface area contributed by atoms with Crippen LogP contribution in [-0.4, -0.2) is 55.6 Å². The quantitative estimate of drug-likeness (QED) is 0.239. The fourth-order valence-corrected chi connectivity index (χ4v) is 4.18. The minimum absolute atomic E-state index is 0.128. The number of hydrogen-bond donors (Lipinski definition) is 4. The lowest BCUT2D eigenvalue weighted by molar-refractivity contribution is 0.560. The van der Waals surface area contributed by atoms with Crippen molar-refractivity contribution < 1.29 is 0 Å². The predicted octanol–water partition coefficient (Wildman–Crippen LogP) is 1.58. The highest BCUT2D eigenvalue weighted by atomic mass is 16.5. The monoisotopic (exact) mass is 464 g/mol. The number of guanidine groups is 1. The SMILES string of the molecule is CCCCNCC1CCCN1c1ccc(N([O-])Nc2cc(C3=NC(NC)=[N+]=C3)c[nH]c2=O)cc1. The molecule has 0 saturated carbocycles. The van der Waals surface area contributed by atoms with Gasteiger partial charge in [0, 0.05) is 42.3 Å². The van der Waals surface area contributed by atoms with E-state index in [0.29, 0.717) is 34.1 Å². The number of benzene rings is 1. The van der Waals surface area contributed by atoms with E-state index in [4.69, 9.17) is 0 Å². The number of H-pyrrole nitrogens is 1. The van der Waals surface area contributed by atoms with Crippen LogP contribution in [0.2, 0.25) is 0 Å². The zero-order valence-electron chi connectivity index (χ0n) is 19.7. The van der Waals surface area contributed by atoms with Crippen LogP contribution >= 0.6 is 0 Å². The van der Waals surface area contributed by atoms with E-state index < -0.39 is 5.56 Å². The van der Waals surface area contributed by atoms with Gasteiger partial charge in [-0.15, -0.1) is 0 Å². The number of aromatic nitrogens is 1. The Kier molecular flexibility index (Phi) is 7.64. The van der Waals surface area contributed by atoms with Crippen LogP contribution in [0.4, 0.5) is 17.1 Å². The summed E-state index contributed by atoms with van der Waals surface area (Å²) >= 11 is 0. The summed E-state index contributed by atoms with van der Waals surface area (Å²) < 4.78 is 4.13. The molecular weight excluding hydrogens is 432 g/mol. The minimum atomic E-state index is -0.398. The van der Waals surface area contributed by atoms with E-state index in [1.54, 1.807) is 37.7 Å². The Morgan fingerprint density at radius 1 is 1.32 bits per heavy atom. The normalized spacial score (nSPS) is 17.0. The summed E-state index contributed by atoms with van der Waals surface area (Å²) in [6.07, 6.45) is 7.86. The molecule has 0 spiro atoms. The molecule has 2 aliphatic heterocycles. The van der Waals surface area contributed by atoms with Crippen LogP contribution in [0.15, 0.2) is 46.3 Å². The van der Waals surface area contributed by atoms with Crippen molar-refractivity contribution in [1.29, 1.82) is 0 Å². The van der Waals surface area contributed by atoms with E-state index in [9.17, 15) is 10.0 Å². The molecule has 10 heteroatoms. The number of rotatable bonds is 10. The first-order valence-electron chi connectivity index (χ1n) is 11.8. The lowest BCUT2D eigenvalue weighted by atomic mass is 10.2. The van der Waals surface area contributed by atoms with Crippen LogP contribution in [0.3, 0.4) is 0 Å². The molecule has 3 heterocycles. The summed E-state index contributed by atoms with van der Waals surface area (Å²) in [6.45, 7) is 5.23. The Labute approximate surface area is 199 Å². The minimum Gasteiger partial charge on any atom is -0.739 e. The lowest BCUT2D eigenvalue weighted by Gasteiger charge is -2.32. The Bertz CT molecular complexity index is 1130. The van der Waals surface area contributed by atoms with Gasteiger partial charge in [-0.25, -0.2) is 4.67 Å². The van der Waals surface area contributed by atoms with E-state index in [-0.39, 0.29) is 5.69 Å². The van der Waals surface area contributed by atoms with Gasteiger partial charge in [-0.05, 0) is 56.1 Å². The average molecular weight is 465 g/mol. The number of nitrogens with zero attached hydrogens (tertiary/aromatic N) is 4. The lowest BCUT2D eigenvalue weighted by Crippen LogP contribution is -2.38. The van der Waals surface area contributed by atoms with E-state index in [0.717, 1.165) is 25.3 Å².